The number of nitrogens with zero attached hydrogens (tertiary/aromatic N) is 1. The van der Waals surface area contributed by atoms with Crippen LogP contribution in [-0.4, -0.2) is 30.9 Å². The second-order valence-electron chi connectivity index (χ2n) is 6.60. The van der Waals surface area contributed by atoms with Gasteiger partial charge in [-0.3, -0.25) is 4.79 Å². The van der Waals surface area contributed by atoms with Crippen molar-refractivity contribution in [2.24, 2.45) is 5.73 Å². The van der Waals surface area contributed by atoms with E-state index in [1.807, 2.05) is 0 Å². The molecule has 0 spiro atoms. The van der Waals surface area contributed by atoms with Crippen LogP contribution in [0.1, 0.15) is 29.7 Å². The predicted octanol–water partition coefficient (Wildman–Crippen LogP) is 2.71. The summed E-state index contributed by atoms with van der Waals surface area (Å²) in [7, 11) is 1.57. The molecular weight excluding hydrogens is 396 g/mol. The number of hydrogen-bond donors (Lipinski definition) is 1. The molecule has 154 valence electrons. The summed E-state index contributed by atoms with van der Waals surface area (Å²) >= 11 is 6.03. The molecule has 0 aliphatic carbocycles. The number of aryl methyl sites for hydroxylation is 1. The van der Waals surface area contributed by atoms with Gasteiger partial charge in [0.15, 0.2) is 0 Å². The minimum Gasteiger partial charge on any atom is -0.462 e. The summed E-state index contributed by atoms with van der Waals surface area (Å²) in [6.45, 7) is 4.41. The molecule has 0 fully saturated rings. The van der Waals surface area contributed by atoms with Gasteiger partial charge in [-0.2, -0.15) is 0 Å². The van der Waals surface area contributed by atoms with Crippen molar-refractivity contribution in [1.29, 1.82) is 0 Å². The monoisotopic (exact) mass is 418 g/mol. The molecule has 0 saturated heterocycles. The third-order valence-electron chi connectivity index (χ3n) is 4.79. The van der Waals surface area contributed by atoms with Crippen molar-refractivity contribution in [3.8, 4) is 5.75 Å². The molecule has 3 rings (SSSR count). The van der Waals surface area contributed by atoms with Crippen molar-refractivity contribution in [1.82, 2.24) is 4.57 Å². The Morgan fingerprint density at radius 2 is 2.00 bits per heavy atom. The highest BCUT2D eigenvalue weighted by Crippen LogP contribution is 2.41. The first kappa shape index (κ1) is 21.0. The first-order valence-electron chi connectivity index (χ1n) is 9.22. The van der Waals surface area contributed by atoms with Gasteiger partial charge < -0.3 is 24.5 Å². The van der Waals surface area contributed by atoms with Crippen molar-refractivity contribution in [3.05, 3.63) is 74.0 Å². The molecule has 2 aromatic rings. The van der Waals surface area contributed by atoms with Crippen LogP contribution in [0.3, 0.4) is 0 Å². The number of nitrogens with two attached hydrogens (primary N) is 1. The zero-order valence-electron chi connectivity index (χ0n) is 16.5. The minimum absolute atomic E-state index is 0.0793. The molecule has 29 heavy (non-hydrogen) atoms. The molecule has 1 aliphatic rings. The highest BCUT2D eigenvalue weighted by molar-refractivity contribution is 6.30. The van der Waals surface area contributed by atoms with E-state index in [4.69, 9.17) is 31.5 Å². The lowest BCUT2D eigenvalue weighted by atomic mass is 9.83. The Hall–Kier alpha value is -2.77. The van der Waals surface area contributed by atoms with Crippen molar-refractivity contribution in [2.45, 2.75) is 26.3 Å². The van der Waals surface area contributed by atoms with Crippen molar-refractivity contribution in [2.75, 3.05) is 20.3 Å². The number of hydrogen-bond acceptors (Lipinski definition) is 6. The molecule has 2 heterocycles. The van der Waals surface area contributed by atoms with E-state index in [0.717, 1.165) is 0 Å². The van der Waals surface area contributed by atoms with Crippen molar-refractivity contribution in [3.63, 3.8) is 0 Å². The summed E-state index contributed by atoms with van der Waals surface area (Å²) in [4.78, 5) is 26.1. The van der Waals surface area contributed by atoms with Crippen LogP contribution in [0.2, 0.25) is 5.02 Å². The van der Waals surface area contributed by atoms with Gasteiger partial charge in [0, 0.05) is 30.4 Å². The number of ether oxygens (including phenoxy) is 3. The van der Waals surface area contributed by atoms with Gasteiger partial charge in [0.05, 0.1) is 24.7 Å². The standard InChI is InChI=1S/C21H23ClN2O5/c1-4-28-21(26)18-16(13-5-7-14(22)8-6-13)17-15(29-19(18)23)11-12(2)24(20(17)25)9-10-27-3/h5-8,11,16H,4,9-10,23H2,1-3H3/t16-/m0/s1. The SMILES string of the molecule is CCOC(=O)C1=C(N)Oc2cc(C)n(CCOC)c(=O)c2[C@@H]1c1ccc(Cl)cc1. The van der Waals surface area contributed by atoms with Crippen LogP contribution in [0, 0.1) is 6.92 Å². The summed E-state index contributed by atoms with van der Waals surface area (Å²) in [6.07, 6.45) is 0. The third kappa shape index (κ3) is 4.02. The molecule has 0 bridgehead atoms. The summed E-state index contributed by atoms with van der Waals surface area (Å²) in [6, 6.07) is 8.65. The highest BCUT2D eigenvalue weighted by Gasteiger charge is 2.38. The Kier molecular flexibility index (Phi) is 6.30. The van der Waals surface area contributed by atoms with E-state index in [2.05, 4.69) is 0 Å². The highest BCUT2D eigenvalue weighted by atomic mass is 35.5. The van der Waals surface area contributed by atoms with Crippen LogP contribution in [-0.2, 0) is 20.8 Å². The molecule has 0 radical (unpaired) electrons. The summed E-state index contributed by atoms with van der Waals surface area (Å²) in [5.41, 5.74) is 7.64. The first-order chi connectivity index (χ1) is 13.9. The molecule has 0 amide bonds. The van der Waals surface area contributed by atoms with Crippen molar-refractivity contribution < 1.29 is 19.0 Å². The number of pyridine rings is 1. The van der Waals surface area contributed by atoms with E-state index in [1.165, 1.54) is 0 Å². The fraction of sp³-hybridized carbons (Fsp3) is 0.333. The van der Waals surface area contributed by atoms with Crippen LogP contribution in [0.4, 0.5) is 0 Å². The van der Waals surface area contributed by atoms with E-state index in [0.29, 0.717) is 40.7 Å². The average molecular weight is 419 g/mol. The lowest BCUT2D eigenvalue weighted by molar-refractivity contribution is -0.139. The van der Waals surface area contributed by atoms with E-state index in [9.17, 15) is 9.59 Å². The number of fused-ring (bicyclic) bond motifs is 1. The fourth-order valence-electron chi connectivity index (χ4n) is 3.44. The van der Waals surface area contributed by atoms with Gasteiger partial charge in [-0.25, -0.2) is 4.79 Å². The van der Waals surface area contributed by atoms with Crippen LogP contribution in [0.25, 0.3) is 0 Å². The minimum atomic E-state index is -0.739. The maximum absolute atomic E-state index is 13.4. The van der Waals surface area contributed by atoms with Gasteiger partial charge in [0.1, 0.15) is 11.3 Å². The quantitative estimate of drug-likeness (QED) is 0.725. The maximum atomic E-state index is 13.4. The van der Waals surface area contributed by atoms with E-state index < -0.39 is 11.9 Å². The van der Waals surface area contributed by atoms with Gasteiger partial charge >= 0.3 is 5.97 Å². The van der Waals surface area contributed by atoms with Gasteiger partial charge in [-0.05, 0) is 31.5 Å². The smallest absolute Gasteiger partial charge is 0.340 e. The number of carbonyl (C=O) groups excluding carboxylic acids is 1. The number of benzene rings is 1. The largest absolute Gasteiger partial charge is 0.462 e. The molecule has 0 saturated carbocycles. The van der Waals surface area contributed by atoms with E-state index >= 15 is 0 Å². The van der Waals surface area contributed by atoms with Gasteiger partial charge in [0.2, 0.25) is 5.88 Å². The molecular formula is C21H23ClN2O5. The predicted molar refractivity (Wildman–Crippen MR) is 109 cm³/mol. The zero-order valence-corrected chi connectivity index (χ0v) is 17.3. The lowest BCUT2D eigenvalue weighted by Crippen LogP contribution is -2.35. The Bertz CT molecular complexity index is 1010. The number of rotatable bonds is 6. The maximum Gasteiger partial charge on any atom is 0.340 e. The van der Waals surface area contributed by atoms with E-state index in [1.54, 1.807) is 55.9 Å². The second kappa shape index (κ2) is 8.71. The Morgan fingerprint density at radius 3 is 2.62 bits per heavy atom. The number of aromatic nitrogens is 1. The van der Waals surface area contributed by atoms with E-state index in [-0.39, 0.29) is 23.6 Å². The second-order valence-corrected chi connectivity index (χ2v) is 7.03. The Labute approximate surface area is 173 Å². The van der Waals surface area contributed by atoms with Gasteiger partial charge in [0.25, 0.3) is 5.56 Å². The molecule has 8 heteroatoms. The van der Waals surface area contributed by atoms with Gasteiger partial charge in [-0.1, -0.05) is 23.7 Å². The number of carbonyl (C=O) groups is 1. The third-order valence-corrected chi connectivity index (χ3v) is 5.04. The average Bonchev–Trinajstić information content (AvgIpc) is 2.67. The summed E-state index contributed by atoms with van der Waals surface area (Å²) < 4.78 is 17.6. The number of methoxy groups -OCH3 is 1. The normalized spacial score (nSPS) is 15.7. The molecule has 1 aliphatic heterocycles. The van der Waals surface area contributed by atoms with Crippen LogP contribution in [0.15, 0.2) is 46.6 Å². The Morgan fingerprint density at radius 1 is 1.31 bits per heavy atom. The zero-order chi connectivity index (χ0) is 21.1. The first-order valence-corrected chi connectivity index (χ1v) is 9.60. The lowest BCUT2D eigenvalue weighted by Gasteiger charge is -2.29. The molecule has 0 unspecified atom stereocenters. The fourth-order valence-corrected chi connectivity index (χ4v) is 3.57. The topological polar surface area (TPSA) is 92.8 Å². The Balaban J connectivity index is 2.26. The van der Waals surface area contributed by atoms with Crippen LogP contribution >= 0.6 is 11.6 Å². The molecule has 1 aromatic carbocycles. The molecule has 1 atom stereocenters. The van der Waals surface area contributed by atoms with Crippen LogP contribution in [0.5, 0.6) is 5.75 Å². The molecule has 7 nitrogen and oxygen atoms in total. The van der Waals surface area contributed by atoms with Gasteiger partial charge in [-0.15, -0.1) is 0 Å². The number of esters is 1. The summed E-state index contributed by atoms with van der Waals surface area (Å²) in [5.74, 6) is -1.12. The summed E-state index contributed by atoms with van der Waals surface area (Å²) in [5, 5.41) is 0.539. The number of halogens is 1. The van der Waals surface area contributed by atoms with Crippen LogP contribution < -0.4 is 16.0 Å². The molecule has 1 aromatic heterocycles. The van der Waals surface area contributed by atoms with Crippen molar-refractivity contribution >= 4 is 17.6 Å². The molecule has 2 N–H and O–H groups in total.